The maximum Gasteiger partial charge on any atom is 0.139 e. The molecule has 0 fully saturated rings. The van der Waals surface area contributed by atoms with Crippen LogP contribution in [0.1, 0.15) is 23.6 Å². The molecule has 3 heteroatoms. The number of benzene rings is 2. The first kappa shape index (κ1) is 14.3. The van der Waals surface area contributed by atoms with Crippen LogP contribution in [0, 0.1) is 0 Å². The molecule has 104 valence electrons. The fourth-order valence-corrected chi connectivity index (χ4v) is 2.20. The number of carbonyl (C=O) groups is 1. The first-order valence-corrected chi connectivity index (χ1v) is 6.65. The number of ether oxygens (including phenoxy) is 1. The minimum absolute atomic E-state index is 0.117. The zero-order valence-corrected chi connectivity index (χ0v) is 11.6. The Labute approximate surface area is 119 Å². The average Bonchev–Trinajstić information content (AvgIpc) is 2.48. The Morgan fingerprint density at radius 2 is 1.75 bits per heavy atom. The molecular weight excluding hydrogens is 250 g/mol. The van der Waals surface area contributed by atoms with E-state index < -0.39 is 0 Å². The number of ketones is 1. The van der Waals surface area contributed by atoms with Gasteiger partial charge in [0.1, 0.15) is 11.5 Å². The molecule has 2 N–H and O–H groups in total. The molecule has 0 aliphatic rings. The highest BCUT2D eigenvalue weighted by atomic mass is 16.5. The van der Waals surface area contributed by atoms with E-state index in [2.05, 4.69) is 0 Å². The molecule has 0 spiro atoms. The van der Waals surface area contributed by atoms with Crippen LogP contribution in [-0.4, -0.2) is 12.9 Å². The van der Waals surface area contributed by atoms with Crippen LogP contribution in [0.3, 0.4) is 0 Å². The molecule has 20 heavy (non-hydrogen) atoms. The van der Waals surface area contributed by atoms with Crippen LogP contribution in [-0.2, 0) is 11.2 Å². The van der Waals surface area contributed by atoms with Crippen LogP contribution >= 0.6 is 0 Å². The predicted octanol–water partition coefficient (Wildman–Crippen LogP) is 2.90. The second-order valence-electron chi connectivity index (χ2n) is 4.75. The van der Waals surface area contributed by atoms with Crippen molar-refractivity contribution in [2.75, 3.05) is 7.11 Å². The maximum atomic E-state index is 12.1. The second kappa shape index (κ2) is 6.87. The van der Waals surface area contributed by atoms with E-state index in [1.165, 1.54) is 0 Å². The van der Waals surface area contributed by atoms with Gasteiger partial charge >= 0.3 is 0 Å². The average molecular weight is 269 g/mol. The SMILES string of the molecule is COc1ccccc1CC(=O)CC(N)c1ccccc1. The maximum absolute atomic E-state index is 12.1. The van der Waals surface area contributed by atoms with Crippen molar-refractivity contribution in [2.24, 2.45) is 5.73 Å². The number of rotatable bonds is 6. The molecule has 1 atom stereocenters. The minimum atomic E-state index is -0.251. The van der Waals surface area contributed by atoms with Gasteiger partial charge in [0.05, 0.1) is 7.11 Å². The summed E-state index contributed by atoms with van der Waals surface area (Å²) in [6.45, 7) is 0. The summed E-state index contributed by atoms with van der Waals surface area (Å²) >= 11 is 0. The molecule has 0 saturated carbocycles. The second-order valence-corrected chi connectivity index (χ2v) is 4.75. The molecule has 0 aromatic heterocycles. The number of hydrogen-bond donors (Lipinski definition) is 1. The van der Waals surface area contributed by atoms with Gasteiger partial charge in [-0.1, -0.05) is 48.5 Å². The van der Waals surface area contributed by atoms with Gasteiger partial charge in [-0.2, -0.15) is 0 Å². The van der Waals surface area contributed by atoms with Crippen LogP contribution in [0.25, 0.3) is 0 Å². The van der Waals surface area contributed by atoms with Crippen LogP contribution in [0.15, 0.2) is 54.6 Å². The Bertz CT molecular complexity index is 566. The third-order valence-corrected chi connectivity index (χ3v) is 3.26. The van der Waals surface area contributed by atoms with Crippen LogP contribution in [0.5, 0.6) is 5.75 Å². The van der Waals surface area contributed by atoms with Gasteiger partial charge in [-0.15, -0.1) is 0 Å². The van der Waals surface area contributed by atoms with E-state index in [-0.39, 0.29) is 11.8 Å². The van der Waals surface area contributed by atoms with Crippen molar-refractivity contribution in [3.63, 3.8) is 0 Å². The van der Waals surface area contributed by atoms with Gasteiger partial charge in [0.15, 0.2) is 0 Å². The fraction of sp³-hybridized carbons (Fsp3) is 0.235. The standard InChI is InChI=1S/C17H19NO2/c1-20-17-10-6-5-9-14(17)11-15(19)12-16(18)13-7-3-2-4-8-13/h2-10,16H,11-12,18H2,1H3. The Morgan fingerprint density at radius 1 is 1.10 bits per heavy atom. The lowest BCUT2D eigenvalue weighted by Crippen LogP contribution is -2.16. The lowest BCUT2D eigenvalue weighted by molar-refractivity contribution is -0.118. The van der Waals surface area contributed by atoms with Crippen LogP contribution < -0.4 is 10.5 Å². The highest BCUT2D eigenvalue weighted by Crippen LogP contribution is 2.20. The molecule has 0 saturated heterocycles. The molecule has 2 aromatic carbocycles. The van der Waals surface area contributed by atoms with Crippen molar-refractivity contribution < 1.29 is 9.53 Å². The van der Waals surface area contributed by atoms with E-state index in [4.69, 9.17) is 10.5 Å². The summed E-state index contributed by atoms with van der Waals surface area (Å²) in [5.74, 6) is 0.861. The summed E-state index contributed by atoms with van der Waals surface area (Å²) in [5, 5.41) is 0. The molecule has 0 aliphatic carbocycles. The molecule has 0 radical (unpaired) electrons. The minimum Gasteiger partial charge on any atom is -0.496 e. The topological polar surface area (TPSA) is 52.3 Å². The van der Waals surface area contributed by atoms with Gasteiger partial charge in [-0.3, -0.25) is 4.79 Å². The van der Waals surface area contributed by atoms with Crippen LogP contribution in [0.2, 0.25) is 0 Å². The number of hydrogen-bond acceptors (Lipinski definition) is 3. The van der Waals surface area contributed by atoms with Gasteiger partial charge in [0, 0.05) is 24.4 Å². The quantitative estimate of drug-likeness (QED) is 0.877. The molecular formula is C17H19NO2. The van der Waals surface area contributed by atoms with E-state index in [9.17, 15) is 4.79 Å². The third kappa shape index (κ3) is 3.68. The first-order chi connectivity index (χ1) is 9.70. The van der Waals surface area contributed by atoms with E-state index in [1.54, 1.807) is 7.11 Å². The van der Waals surface area contributed by atoms with Crippen molar-refractivity contribution in [3.8, 4) is 5.75 Å². The highest BCUT2D eigenvalue weighted by molar-refractivity contribution is 5.82. The summed E-state index contributed by atoms with van der Waals surface area (Å²) in [7, 11) is 1.61. The normalized spacial score (nSPS) is 11.9. The Morgan fingerprint density at radius 3 is 2.45 bits per heavy atom. The van der Waals surface area contributed by atoms with Crippen molar-refractivity contribution >= 4 is 5.78 Å². The Kier molecular flexibility index (Phi) is 4.91. The monoisotopic (exact) mass is 269 g/mol. The predicted molar refractivity (Wildman–Crippen MR) is 79.7 cm³/mol. The Balaban J connectivity index is 1.99. The third-order valence-electron chi connectivity index (χ3n) is 3.26. The number of methoxy groups -OCH3 is 1. The van der Waals surface area contributed by atoms with Crippen molar-refractivity contribution in [1.82, 2.24) is 0 Å². The summed E-state index contributed by atoms with van der Waals surface area (Å²) in [6.07, 6.45) is 0.687. The number of nitrogens with two attached hydrogens (primary N) is 1. The zero-order chi connectivity index (χ0) is 14.4. The summed E-state index contributed by atoms with van der Waals surface area (Å²) in [4.78, 5) is 12.1. The first-order valence-electron chi connectivity index (χ1n) is 6.65. The molecule has 2 rings (SSSR count). The molecule has 0 heterocycles. The molecule has 0 amide bonds. The number of carbonyl (C=O) groups excluding carboxylic acids is 1. The lowest BCUT2D eigenvalue weighted by atomic mass is 9.98. The van der Waals surface area contributed by atoms with E-state index in [0.29, 0.717) is 12.8 Å². The van der Waals surface area contributed by atoms with Crippen molar-refractivity contribution in [1.29, 1.82) is 0 Å². The largest absolute Gasteiger partial charge is 0.496 e. The van der Waals surface area contributed by atoms with Gasteiger partial charge in [0.25, 0.3) is 0 Å². The van der Waals surface area contributed by atoms with Crippen molar-refractivity contribution in [3.05, 3.63) is 65.7 Å². The van der Waals surface area contributed by atoms with Crippen LogP contribution in [0.4, 0.5) is 0 Å². The zero-order valence-electron chi connectivity index (χ0n) is 11.6. The fourth-order valence-electron chi connectivity index (χ4n) is 2.20. The van der Waals surface area contributed by atoms with Gasteiger partial charge in [-0.25, -0.2) is 0 Å². The molecule has 0 aliphatic heterocycles. The van der Waals surface area contributed by atoms with E-state index >= 15 is 0 Å². The van der Waals surface area contributed by atoms with Gasteiger partial charge in [-0.05, 0) is 11.6 Å². The number of Topliss-reactive ketones (excluding diaryl/α,β-unsaturated/α-hetero) is 1. The lowest BCUT2D eigenvalue weighted by Gasteiger charge is -2.12. The summed E-state index contributed by atoms with van der Waals surface area (Å²) in [6, 6.07) is 17.0. The van der Waals surface area contributed by atoms with Gasteiger partial charge < -0.3 is 10.5 Å². The molecule has 1 unspecified atom stereocenters. The highest BCUT2D eigenvalue weighted by Gasteiger charge is 2.13. The molecule has 2 aromatic rings. The molecule has 0 bridgehead atoms. The Hall–Kier alpha value is -2.13. The summed E-state index contributed by atoms with van der Waals surface area (Å²) in [5.41, 5.74) is 7.96. The van der Waals surface area contributed by atoms with E-state index in [0.717, 1.165) is 16.9 Å². The van der Waals surface area contributed by atoms with E-state index in [1.807, 2.05) is 54.6 Å². The smallest absolute Gasteiger partial charge is 0.139 e. The molecule has 3 nitrogen and oxygen atoms in total. The van der Waals surface area contributed by atoms with Crippen molar-refractivity contribution in [2.45, 2.75) is 18.9 Å². The summed E-state index contributed by atoms with van der Waals surface area (Å²) < 4.78 is 5.25. The van der Waals surface area contributed by atoms with Gasteiger partial charge in [0.2, 0.25) is 0 Å². The number of para-hydroxylation sites is 1.